The van der Waals surface area contributed by atoms with Gasteiger partial charge in [-0.2, -0.15) is 0 Å². The summed E-state index contributed by atoms with van der Waals surface area (Å²) in [6, 6.07) is 1.38. The van der Waals surface area contributed by atoms with E-state index >= 15 is 0 Å². The summed E-state index contributed by atoms with van der Waals surface area (Å²) in [4.78, 5) is 0. The summed E-state index contributed by atoms with van der Waals surface area (Å²) in [5.41, 5.74) is 0. The van der Waals surface area contributed by atoms with Crippen LogP contribution in [0.4, 0.5) is 0 Å². The summed E-state index contributed by atoms with van der Waals surface area (Å²) >= 11 is 0. The van der Waals surface area contributed by atoms with Gasteiger partial charge >= 0.3 is 0 Å². The average Bonchev–Trinajstić information content (AvgIpc) is 2.05. The summed E-state index contributed by atoms with van der Waals surface area (Å²) in [6.07, 6.45) is 8.31. The second-order valence-electron chi connectivity index (χ2n) is 3.78. The maximum absolute atomic E-state index is 3.41. The monoisotopic (exact) mass is 170 g/mol. The van der Waals surface area contributed by atoms with Crippen LogP contribution in [0.2, 0.25) is 0 Å². The van der Waals surface area contributed by atoms with Crippen molar-refractivity contribution in [3.8, 4) is 0 Å². The van der Waals surface area contributed by atoms with Crippen LogP contribution in [0.25, 0.3) is 0 Å². The van der Waals surface area contributed by atoms with Gasteiger partial charge in [0, 0.05) is 12.1 Å². The predicted molar refractivity (Wildman–Crippen MR) is 53.4 cm³/mol. The van der Waals surface area contributed by atoms with E-state index in [0.717, 1.165) is 0 Å². The van der Waals surface area contributed by atoms with Crippen LogP contribution in [0.3, 0.4) is 0 Å². The molecule has 0 aliphatic heterocycles. The van der Waals surface area contributed by atoms with Crippen LogP contribution < -0.4 is 10.6 Å². The molecule has 1 rings (SSSR count). The Morgan fingerprint density at radius 1 is 0.750 bits per heavy atom. The van der Waals surface area contributed by atoms with Gasteiger partial charge in [0.25, 0.3) is 0 Å². The maximum atomic E-state index is 3.41. The summed E-state index contributed by atoms with van der Waals surface area (Å²) in [5, 5.41) is 6.82. The van der Waals surface area contributed by atoms with Gasteiger partial charge in [0.1, 0.15) is 0 Å². The third-order valence-electron chi connectivity index (χ3n) is 3.01. The number of likely N-dealkylation sites (N-methyl/N-ethyl adjacent to an activating group) is 2. The molecule has 0 amide bonds. The van der Waals surface area contributed by atoms with Gasteiger partial charge in [0.2, 0.25) is 0 Å². The first-order chi connectivity index (χ1) is 5.88. The molecular weight excluding hydrogens is 148 g/mol. The zero-order valence-electron chi connectivity index (χ0n) is 8.40. The highest BCUT2D eigenvalue weighted by Crippen LogP contribution is 2.17. The van der Waals surface area contributed by atoms with Crippen LogP contribution in [0.15, 0.2) is 0 Å². The van der Waals surface area contributed by atoms with Crippen LogP contribution in [0, 0.1) is 0 Å². The summed E-state index contributed by atoms with van der Waals surface area (Å²) < 4.78 is 0. The van der Waals surface area contributed by atoms with E-state index in [9.17, 15) is 0 Å². The largest absolute Gasteiger partial charge is 0.315 e. The van der Waals surface area contributed by atoms with E-state index in [0.29, 0.717) is 12.1 Å². The van der Waals surface area contributed by atoms with E-state index in [4.69, 9.17) is 0 Å². The minimum atomic E-state index is 0.690. The molecule has 0 saturated heterocycles. The quantitative estimate of drug-likeness (QED) is 0.656. The van der Waals surface area contributed by atoms with Crippen LogP contribution in [-0.4, -0.2) is 26.2 Å². The van der Waals surface area contributed by atoms with E-state index in [1.54, 1.807) is 0 Å². The van der Waals surface area contributed by atoms with E-state index in [1.165, 1.54) is 38.5 Å². The average molecular weight is 170 g/mol. The first-order valence-corrected chi connectivity index (χ1v) is 5.23. The molecule has 0 heterocycles. The first-order valence-electron chi connectivity index (χ1n) is 5.23. The second kappa shape index (κ2) is 5.55. The SMILES string of the molecule is CN[C@H]1CCCCCC[C@H]1NC. The van der Waals surface area contributed by atoms with Crippen LogP contribution >= 0.6 is 0 Å². The van der Waals surface area contributed by atoms with Crippen molar-refractivity contribution in [3.05, 3.63) is 0 Å². The third kappa shape index (κ3) is 2.76. The summed E-state index contributed by atoms with van der Waals surface area (Å²) in [6.45, 7) is 0. The molecule has 2 nitrogen and oxygen atoms in total. The number of hydrogen-bond acceptors (Lipinski definition) is 2. The molecule has 2 atom stereocenters. The molecule has 12 heavy (non-hydrogen) atoms. The molecule has 0 bridgehead atoms. The van der Waals surface area contributed by atoms with Gasteiger partial charge in [-0.25, -0.2) is 0 Å². The Balaban J connectivity index is 2.39. The molecule has 0 aromatic heterocycles. The molecule has 1 saturated carbocycles. The number of nitrogens with one attached hydrogen (secondary N) is 2. The smallest absolute Gasteiger partial charge is 0.0218 e. The maximum Gasteiger partial charge on any atom is 0.0218 e. The summed E-state index contributed by atoms with van der Waals surface area (Å²) in [5.74, 6) is 0. The van der Waals surface area contributed by atoms with E-state index in [-0.39, 0.29) is 0 Å². The van der Waals surface area contributed by atoms with Crippen molar-refractivity contribution >= 4 is 0 Å². The molecule has 2 N–H and O–H groups in total. The topological polar surface area (TPSA) is 24.1 Å². The van der Waals surface area contributed by atoms with Gasteiger partial charge in [-0.3, -0.25) is 0 Å². The first kappa shape index (κ1) is 10.0. The number of rotatable bonds is 2. The minimum absolute atomic E-state index is 0.690. The lowest BCUT2D eigenvalue weighted by Gasteiger charge is -2.28. The van der Waals surface area contributed by atoms with Crippen LogP contribution in [0.1, 0.15) is 38.5 Å². The zero-order valence-corrected chi connectivity index (χ0v) is 8.40. The van der Waals surface area contributed by atoms with E-state index in [2.05, 4.69) is 24.7 Å². The van der Waals surface area contributed by atoms with Crippen molar-refractivity contribution in [2.45, 2.75) is 50.6 Å². The van der Waals surface area contributed by atoms with E-state index in [1.807, 2.05) is 0 Å². The molecule has 1 aliphatic carbocycles. The van der Waals surface area contributed by atoms with E-state index < -0.39 is 0 Å². The Kier molecular flexibility index (Phi) is 4.62. The minimum Gasteiger partial charge on any atom is -0.315 e. The molecular formula is C10H22N2. The van der Waals surface area contributed by atoms with Gasteiger partial charge in [0.15, 0.2) is 0 Å². The van der Waals surface area contributed by atoms with Crippen molar-refractivity contribution in [3.63, 3.8) is 0 Å². The fourth-order valence-corrected chi connectivity index (χ4v) is 2.18. The molecule has 1 aliphatic rings. The fraction of sp³-hybridized carbons (Fsp3) is 1.00. The van der Waals surface area contributed by atoms with Crippen molar-refractivity contribution in [2.24, 2.45) is 0 Å². The van der Waals surface area contributed by atoms with Crippen molar-refractivity contribution in [1.82, 2.24) is 10.6 Å². The molecule has 0 unspecified atom stereocenters. The zero-order chi connectivity index (χ0) is 8.81. The lowest BCUT2D eigenvalue weighted by molar-refractivity contribution is 0.329. The third-order valence-corrected chi connectivity index (χ3v) is 3.01. The molecule has 0 aromatic rings. The van der Waals surface area contributed by atoms with Crippen molar-refractivity contribution in [2.75, 3.05) is 14.1 Å². The van der Waals surface area contributed by atoms with Crippen molar-refractivity contribution < 1.29 is 0 Å². The van der Waals surface area contributed by atoms with Gasteiger partial charge in [0.05, 0.1) is 0 Å². The lowest BCUT2D eigenvalue weighted by atomic mass is 9.92. The Labute approximate surface area is 76.1 Å². The Morgan fingerprint density at radius 3 is 1.50 bits per heavy atom. The van der Waals surface area contributed by atoms with Crippen LogP contribution in [0.5, 0.6) is 0 Å². The molecule has 72 valence electrons. The van der Waals surface area contributed by atoms with Gasteiger partial charge < -0.3 is 10.6 Å². The van der Waals surface area contributed by atoms with Gasteiger partial charge in [-0.1, -0.05) is 25.7 Å². The normalized spacial score (nSPS) is 32.5. The standard InChI is InChI=1S/C10H22N2/c1-11-9-7-5-3-4-6-8-10(9)12-2/h9-12H,3-8H2,1-2H3/t9-,10+. The summed E-state index contributed by atoms with van der Waals surface area (Å²) in [7, 11) is 4.16. The molecule has 0 radical (unpaired) electrons. The molecule has 2 heteroatoms. The van der Waals surface area contributed by atoms with Gasteiger partial charge in [-0.15, -0.1) is 0 Å². The lowest BCUT2D eigenvalue weighted by Crippen LogP contribution is -2.45. The number of hydrogen-bond donors (Lipinski definition) is 2. The second-order valence-corrected chi connectivity index (χ2v) is 3.78. The molecule has 1 fully saturated rings. The highest BCUT2D eigenvalue weighted by atomic mass is 15.0. The Bertz CT molecular complexity index is 100. The predicted octanol–water partition coefficient (Wildman–Crippen LogP) is 1.52. The highest BCUT2D eigenvalue weighted by Gasteiger charge is 2.18. The highest BCUT2D eigenvalue weighted by molar-refractivity contribution is 4.81. The fourth-order valence-electron chi connectivity index (χ4n) is 2.18. The van der Waals surface area contributed by atoms with Gasteiger partial charge in [-0.05, 0) is 26.9 Å². The Hall–Kier alpha value is -0.0800. The molecule has 0 aromatic carbocycles. The molecule has 0 spiro atoms. The Morgan fingerprint density at radius 2 is 1.17 bits per heavy atom. The van der Waals surface area contributed by atoms with Crippen LogP contribution in [-0.2, 0) is 0 Å². The van der Waals surface area contributed by atoms with Crippen molar-refractivity contribution in [1.29, 1.82) is 0 Å².